The Morgan fingerprint density at radius 2 is 1.12 bits per heavy atom. The highest BCUT2D eigenvalue weighted by Gasteiger charge is 2.36. The molecule has 0 spiro atoms. The number of benzene rings is 4. The number of alkyl halides is 6. The van der Waals surface area contributed by atoms with Crippen molar-refractivity contribution in [3.8, 4) is 0 Å². The number of nitrogens with one attached hydrogen (secondary N) is 1. The van der Waals surface area contributed by atoms with Crippen molar-refractivity contribution in [2.24, 2.45) is 0 Å². The van der Waals surface area contributed by atoms with Gasteiger partial charge in [0.2, 0.25) is 20.0 Å². The van der Waals surface area contributed by atoms with E-state index in [1.165, 1.54) is 24.3 Å². The number of hydrogen-bond acceptors (Lipinski definition) is 8. The molecule has 2 aromatic heterocycles. The standard InChI is InChI=1S/C19H15F4NO3S2.C11H11NO3S2.C9H8F4/c1-2-29(26,27)24(10-12-7-8-16(20)15(9-12)19(21,22)23)18-14(11-25)13-5-3-4-6-17(13)28-18;1-2-17(14,15)12-11-9(7-13)8-5-3-4-6-10(8)16-11;1-2-6-3-4-8(10)7(5-6)9(11,12)13/h3-9,11H,2,10H2,1H3;3-7,12H,2H2,1H3;3-5H,2H2,1H3. The van der Waals surface area contributed by atoms with Gasteiger partial charge in [0.25, 0.3) is 0 Å². The lowest BCUT2D eigenvalue weighted by Gasteiger charge is -2.23. The first-order chi connectivity index (χ1) is 27.6. The number of halogens is 8. The first kappa shape index (κ1) is 46.8. The van der Waals surface area contributed by atoms with Crippen LogP contribution in [0.3, 0.4) is 0 Å². The summed E-state index contributed by atoms with van der Waals surface area (Å²) in [5.74, 6) is -3.00. The number of aldehydes is 2. The molecule has 0 saturated carbocycles. The molecule has 8 nitrogen and oxygen atoms in total. The van der Waals surface area contributed by atoms with Crippen LogP contribution in [-0.4, -0.2) is 40.9 Å². The molecule has 20 heteroatoms. The Kier molecular flexibility index (Phi) is 15.0. The molecule has 0 aliphatic heterocycles. The number of sulfonamides is 2. The summed E-state index contributed by atoms with van der Waals surface area (Å²) in [6.07, 6.45) is -7.84. The van der Waals surface area contributed by atoms with Crippen LogP contribution in [0.25, 0.3) is 20.2 Å². The van der Waals surface area contributed by atoms with E-state index in [9.17, 15) is 61.5 Å². The van der Waals surface area contributed by atoms with Crippen molar-refractivity contribution in [2.75, 3.05) is 20.5 Å². The zero-order valence-corrected chi connectivity index (χ0v) is 34.4. The summed E-state index contributed by atoms with van der Waals surface area (Å²) in [6.45, 7) is 4.19. The van der Waals surface area contributed by atoms with E-state index in [1.807, 2.05) is 18.2 Å². The minimum atomic E-state index is -4.92. The van der Waals surface area contributed by atoms with Crippen molar-refractivity contribution < 1.29 is 61.5 Å². The lowest BCUT2D eigenvalue weighted by Crippen LogP contribution is -2.32. The van der Waals surface area contributed by atoms with Crippen molar-refractivity contribution in [1.29, 1.82) is 0 Å². The molecule has 2 heterocycles. The maximum absolute atomic E-state index is 13.6. The highest BCUT2D eigenvalue weighted by molar-refractivity contribution is 7.93. The van der Waals surface area contributed by atoms with E-state index in [0.717, 1.165) is 43.9 Å². The van der Waals surface area contributed by atoms with Gasteiger partial charge < -0.3 is 0 Å². The van der Waals surface area contributed by atoms with E-state index in [2.05, 4.69) is 4.72 Å². The van der Waals surface area contributed by atoms with Crippen molar-refractivity contribution in [3.63, 3.8) is 0 Å². The first-order valence-electron chi connectivity index (χ1n) is 17.3. The van der Waals surface area contributed by atoms with E-state index < -0.39 is 61.7 Å². The summed E-state index contributed by atoms with van der Waals surface area (Å²) in [5, 5.41) is 1.83. The molecule has 0 fully saturated rings. The van der Waals surface area contributed by atoms with Crippen LogP contribution in [-0.2, 0) is 45.4 Å². The summed E-state index contributed by atoms with van der Waals surface area (Å²) in [4.78, 5) is 22.7. The lowest BCUT2D eigenvalue weighted by molar-refractivity contribution is -0.140. The van der Waals surface area contributed by atoms with Gasteiger partial charge in [0.05, 0.1) is 40.3 Å². The average molecular weight is 907 g/mol. The van der Waals surface area contributed by atoms with Gasteiger partial charge in [-0.3, -0.25) is 18.6 Å². The SMILES string of the molecule is CCS(=O)(=O)N(Cc1ccc(F)c(C(F)(F)F)c1)c1sc2ccccc2c1C=O.CCS(=O)(=O)Nc1sc2ccccc2c1C=O.CCc1ccc(F)c(C(F)(F)F)c1. The number of carbonyl (C=O) groups excluding carboxylic acids is 2. The van der Waals surface area contributed by atoms with Crippen molar-refractivity contribution in [1.82, 2.24) is 0 Å². The first-order valence-corrected chi connectivity index (χ1v) is 22.2. The van der Waals surface area contributed by atoms with E-state index >= 15 is 0 Å². The van der Waals surface area contributed by atoms with Crippen LogP contribution < -0.4 is 9.03 Å². The Balaban J connectivity index is 0.000000216. The van der Waals surface area contributed by atoms with Gasteiger partial charge in [-0.05, 0) is 67.8 Å². The van der Waals surface area contributed by atoms with Crippen LogP contribution in [0.2, 0.25) is 0 Å². The molecule has 0 radical (unpaired) electrons. The fraction of sp³-hybridized carbons (Fsp3) is 0.231. The van der Waals surface area contributed by atoms with Gasteiger partial charge in [0.15, 0.2) is 12.6 Å². The van der Waals surface area contributed by atoms with E-state index in [0.29, 0.717) is 57.3 Å². The van der Waals surface area contributed by atoms with Gasteiger partial charge in [-0.2, -0.15) is 26.3 Å². The molecule has 6 rings (SSSR count). The summed E-state index contributed by atoms with van der Waals surface area (Å²) >= 11 is 2.32. The number of anilines is 2. The van der Waals surface area contributed by atoms with Crippen molar-refractivity contribution in [2.45, 2.75) is 46.1 Å². The zero-order valence-electron chi connectivity index (χ0n) is 31.1. The third-order valence-corrected chi connectivity index (χ3v) is 14.0. The molecule has 1 N–H and O–H groups in total. The Labute approximate surface area is 342 Å². The normalized spacial score (nSPS) is 12.0. The third-order valence-electron chi connectivity index (χ3n) is 8.45. The Morgan fingerprint density at radius 1 is 0.644 bits per heavy atom. The van der Waals surface area contributed by atoms with Gasteiger partial charge in [0, 0.05) is 20.2 Å². The summed E-state index contributed by atoms with van der Waals surface area (Å²) in [7, 11) is -7.29. The monoisotopic (exact) mass is 906 g/mol. The number of aryl methyl sites for hydroxylation is 1. The third kappa shape index (κ3) is 11.4. The predicted octanol–water partition coefficient (Wildman–Crippen LogP) is 11.1. The highest BCUT2D eigenvalue weighted by Crippen LogP contribution is 2.40. The van der Waals surface area contributed by atoms with E-state index in [1.54, 1.807) is 44.2 Å². The number of thiophene rings is 2. The number of fused-ring (bicyclic) bond motifs is 2. The number of rotatable bonds is 11. The molecular weight excluding hydrogens is 873 g/mol. The van der Waals surface area contributed by atoms with Crippen LogP contribution in [0.1, 0.15) is 63.7 Å². The molecule has 6 aromatic rings. The molecule has 0 unspecified atom stereocenters. The quantitative estimate of drug-likeness (QED) is 0.102. The van der Waals surface area contributed by atoms with Crippen LogP contribution in [0.5, 0.6) is 0 Å². The van der Waals surface area contributed by atoms with Crippen LogP contribution >= 0.6 is 22.7 Å². The molecule has 0 bridgehead atoms. The van der Waals surface area contributed by atoms with Crippen molar-refractivity contribution in [3.05, 3.63) is 130 Å². The molecule has 59 heavy (non-hydrogen) atoms. The fourth-order valence-corrected chi connectivity index (χ4v) is 9.88. The maximum Gasteiger partial charge on any atom is 0.419 e. The second kappa shape index (κ2) is 19.0. The van der Waals surface area contributed by atoms with E-state index in [4.69, 9.17) is 0 Å². The van der Waals surface area contributed by atoms with Gasteiger partial charge in [-0.15, -0.1) is 22.7 Å². The maximum atomic E-state index is 13.6. The molecular formula is C39H34F8N2O6S4. The smallest absolute Gasteiger partial charge is 0.298 e. The van der Waals surface area contributed by atoms with Crippen LogP contribution in [0.15, 0.2) is 84.9 Å². The fourth-order valence-electron chi connectivity index (χ4n) is 5.34. The molecule has 0 saturated heterocycles. The minimum absolute atomic E-state index is 0.0143. The highest BCUT2D eigenvalue weighted by atomic mass is 32.2. The Morgan fingerprint density at radius 3 is 1.59 bits per heavy atom. The Bertz CT molecular complexity index is 2680. The summed E-state index contributed by atoms with van der Waals surface area (Å²) in [6, 6.07) is 19.5. The van der Waals surface area contributed by atoms with Gasteiger partial charge >= 0.3 is 12.4 Å². The molecule has 0 atom stereocenters. The van der Waals surface area contributed by atoms with Crippen LogP contribution in [0, 0.1) is 11.6 Å². The molecule has 0 amide bonds. The number of hydrogen-bond donors (Lipinski definition) is 1. The molecule has 0 aliphatic rings. The largest absolute Gasteiger partial charge is 0.419 e. The zero-order chi connectivity index (χ0) is 43.9. The minimum Gasteiger partial charge on any atom is -0.298 e. The van der Waals surface area contributed by atoms with Crippen LogP contribution in [0.4, 0.5) is 45.1 Å². The molecule has 0 aliphatic carbocycles. The second-order valence-corrected chi connectivity index (χ2v) is 18.6. The molecule has 316 valence electrons. The molecule has 4 aromatic carbocycles. The summed E-state index contributed by atoms with van der Waals surface area (Å²) < 4.78 is 155. The lowest BCUT2D eigenvalue weighted by atomic mass is 10.1. The second-order valence-electron chi connectivity index (χ2n) is 12.3. The number of carbonyl (C=O) groups is 2. The summed E-state index contributed by atoms with van der Waals surface area (Å²) in [5.41, 5.74) is -1.69. The predicted molar refractivity (Wildman–Crippen MR) is 215 cm³/mol. The van der Waals surface area contributed by atoms with Gasteiger partial charge in [0.1, 0.15) is 21.6 Å². The topological polar surface area (TPSA) is 118 Å². The Hall–Kier alpha value is -4.92. The van der Waals surface area contributed by atoms with Gasteiger partial charge in [-0.25, -0.2) is 25.6 Å². The van der Waals surface area contributed by atoms with Crippen molar-refractivity contribution >= 4 is 85.5 Å². The number of nitrogens with zero attached hydrogens (tertiary/aromatic N) is 1. The average Bonchev–Trinajstić information content (AvgIpc) is 3.74. The van der Waals surface area contributed by atoms with E-state index in [-0.39, 0.29) is 27.6 Å². The van der Waals surface area contributed by atoms with Gasteiger partial charge in [-0.1, -0.05) is 55.5 Å².